The van der Waals surface area contributed by atoms with E-state index in [1.807, 2.05) is 5.32 Å². The molecule has 0 saturated carbocycles. The van der Waals surface area contributed by atoms with Crippen molar-refractivity contribution < 1.29 is 32.3 Å². The van der Waals surface area contributed by atoms with Gasteiger partial charge in [0.15, 0.2) is 0 Å². The van der Waals surface area contributed by atoms with Gasteiger partial charge in [-0.3, -0.25) is 9.59 Å². The second kappa shape index (κ2) is 8.13. The van der Waals surface area contributed by atoms with Crippen LogP contribution >= 0.6 is 0 Å². The zero-order valence-electron chi connectivity index (χ0n) is 15.5. The summed E-state index contributed by atoms with van der Waals surface area (Å²) in [5.41, 5.74) is -2.03. The first-order chi connectivity index (χ1) is 11.7. The molecule has 0 spiro atoms. The van der Waals surface area contributed by atoms with E-state index >= 15 is 0 Å². The van der Waals surface area contributed by atoms with Crippen molar-refractivity contribution in [1.29, 1.82) is 0 Å². The summed E-state index contributed by atoms with van der Waals surface area (Å²) in [7, 11) is 0. The Hall–Kier alpha value is -2.00. The van der Waals surface area contributed by atoms with E-state index in [1.54, 1.807) is 20.8 Å². The highest BCUT2D eigenvalue weighted by molar-refractivity contribution is 5.82. The van der Waals surface area contributed by atoms with Crippen LogP contribution in [0.1, 0.15) is 47.0 Å². The second-order valence-corrected chi connectivity index (χ2v) is 7.47. The Kier molecular flexibility index (Phi) is 6.89. The summed E-state index contributed by atoms with van der Waals surface area (Å²) >= 11 is 0. The van der Waals surface area contributed by atoms with Crippen molar-refractivity contribution in [3.05, 3.63) is 0 Å². The average Bonchev–Trinajstić information content (AvgIpc) is 2.44. The minimum Gasteiger partial charge on any atom is -0.444 e. The molecule has 3 amide bonds. The van der Waals surface area contributed by atoms with Crippen LogP contribution in [0.2, 0.25) is 0 Å². The summed E-state index contributed by atoms with van der Waals surface area (Å²) in [4.78, 5) is 36.1. The van der Waals surface area contributed by atoms with Crippen molar-refractivity contribution in [2.75, 3.05) is 19.6 Å². The van der Waals surface area contributed by atoms with Crippen molar-refractivity contribution >= 4 is 17.9 Å². The summed E-state index contributed by atoms with van der Waals surface area (Å²) < 4.78 is 43.4. The van der Waals surface area contributed by atoms with E-state index in [0.29, 0.717) is 13.0 Å². The normalized spacial score (nSPS) is 21.1. The van der Waals surface area contributed by atoms with Gasteiger partial charge in [-0.05, 0) is 40.0 Å². The minimum absolute atomic E-state index is 0.0632. The first kappa shape index (κ1) is 22.0. The van der Waals surface area contributed by atoms with Crippen LogP contribution < -0.4 is 10.6 Å². The van der Waals surface area contributed by atoms with Crippen LogP contribution in [0.25, 0.3) is 0 Å². The molecule has 0 aromatic rings. The van der Waals surface area contributed by atoms with Crippen molar-refractivity contribution in [3.8, 4) is 0 Å². The largest absolute Gasteiger partial charge is 0.471 e. The number of carbonyl (C=O) groups excluding carboxylic acids is 3. The molecule has 2 N–H and O–H groups in total. The van der Waals surface area contributed by atoms with Crippen LogP contribution in [0, 0.1) is 0 Å². The van der Waals surface area contributed by atoms with E-state index in [-0.39, 0.29) is 31.8 Å². The summed E-state index contributed by atoms with van der Waals surface area (Å²) in [6.07, 6.45) is -4.96. The molecular formula is C16H26F3N3O4. The maximum absolute atomic E-state index is 12.7. The highest BCUT2D eigenvalue weighted by Gasteiger charge is 2.46. The lowest BCUT2D eigenvalue weighted by atomic mass is 9.85. The molecule has 0 radical (unpaired) electrons. The average molecular weight is 381 g/mol. The minimum atomic E-state index is -5.03. The van der Waals surface area contributed by atoms with Gasteiger partial charge in [-0.1, -0.05) is 0 Å². The van der Waals surface area contributed by atoms with E-state index in [2.05, 4.69) is 5.32 Å². The number of amides is 3. The lowest BCUT2D eigenvalue weighted by molar-refractivity contribution is -0.176. The highest BCUT2D eigenvalue weighted by atomic mass is 19.4. The fourth-order valence-electron chi connectivity index (χ4n) is 2.77. The summed E-state index contributed by atoms with van der Waals surface area (Å²) in [5.74, 6) is -2.39. The smallest absolute Gasteiger partial charge is 0.444 e. The van der Waals surface area contributed by atoms with Crippen LogP contribution in [0.3, 0.4) is 0 Å². The first-order valence-electron chi connectivity index (χ1n) is 8.36. The van der Waals surface area contributed by atoms with Gasteiger partial charge < -0.3 is 20.3 Å². The maximum atomic E-state index is 12.7. The lowest BCUT2D eigenvalue weighted by Crippen LogP contribution is -2.62. The fraction of sp³-hybridized carbons (Fsp3) is 0.812. The Morgan fingerprint density at radius 1 is 1.19 bits per heavy atom. The van der Waals surface area contributed by atoms with Gasteiger partial charge in [0.1, 0.15) is 5.60 Å². The molecule has 1 atom stereocenters. The maximum Gasteiger partial charge on any atom is 0.471 e. The number of hydrogen-bond acceptors (Lipinski definition) is 4. The number of piperidine rings is 1. The van der Waals surface area contributed by atoms with Crippen molar-refractivity contribution in [1.82, 2.24) is 15.5 Å². The summed E-state index contributed by atoms with van der Waals surface area (Å²) in [6, 6.07) is 0. The van der Waals surface area contributed by atoms with Gasteiger partial charge in [0.25, 0.3) is 0 Å². The number of alkyl halides is 3. The SMILES string of the molecule is CC(=O)NCCC1(NC(=O)C(F)(F)F)CCCN(C(=O)OC(C)(C)C)C1. The fourth-order valence-corrected chi connectivity index (χ4v) is 2.77. The third-order valence-electron chi connectivity index (χ3n) is 3.84. The van der Waals surface area contributed by atoms with Gasteiger partial charge in [0, 0.05) is 26.6 Å². The number of rotatable bonds is 4. The van der Waals surface area contributed by atoms with Gasteiger partial charge >= 0.3 is 18.2 Å². The predicted octanol–water partition coefficient (Wildman–Crippen LogP) is 1.96. The second-order valence-electron chi connectivity index (χ2n) is 7.47. The Morgan fingerprint density at radius 2 is 1.81 bits per heavy atom. The number of halogens is 3. The molecule has 10 heteroatoms. The Labute approximate surface area is 150 Å². The van der Waals surface area contributed by atoms with Gasteiger partial charge in [-0.2, -0.15) is 13.2 Å². The van der Waals surface area contributed by atoms with E-state index in [1.165, 1.54) is 11.8 Å². The molecular weight excluding hydrogens is 355 g/mol. The summed E-state index contributed by atoms with van der Waals surface area (Å²) in [6.45, 7) is 6.62. The van der Waals surface area contributed by atoms with Crippen LogP contribution in [0.15, 0.2) is 0 Å². The number of ether oxygens (including phenoxy) is 1. The molecule has 1 heterocycles. The van der Waals surface area contributed by atoms with Gasteiger partial charge in [0.05, 0.1) is 5.54 Å². The molecule has 0 aromatic carbocycles. The number of nitrogens with one attached hydrogen (secondary N) is 2. The molecule has 1 fully saturated rings. The molecule has 1 rings (SSSR count). The number of likely N-dealkylation sites (tertiary alicyclic amines) is 1. The molecule has 0 bridgehead atoms. The van der Waals surface area contributed by atoms with Crippen LogP contribution in [-0.2, 0) is 14.3 Å². The molecule has 0 aromatic heterocycles. The highest BCUT2D eigenvalue weighted by Crippen LogP contribution is 2.28. The van der Waals surface area contributed by atoms with Crippen LogP contribution in [0.4, 0.5) is 18.0 Å². The number of nitrogens with zero attached hydrogens (tertiary/aromatic N) is 1. The standard InChI is InChI=1S/C16H26F3N3O4/c1-11(23)20-8-7-15(21-12(24)16(17,18)19)6-5-9-22(10-15)13(25)26-14(2,3)4/h5-10H2,1-4H3,(H,20,23)(H,21,24). The first-order valence-corrected chi connectivity index (χ1v) is 8.36. The molecule has 1 unspecified atom stereocenters. The van der Waals surface area contributed by atoms with Gasteiger partial charge in [-0.25, -0.2) is 4.79 Å². The molecule has 1 aliphatic rings. The van der Waals surface area contributed by atoms with Crippen molar-refractivity contribution in [2.45, 2.75) is 64.3 Å². The molecule has 1 saturated heterocycles. The van der Waals surface area contributed by atoms with Crippen molar-refractivity contribution in [2.24, 2.45) is 0 Å². The Morgan fingerprint density at radius 3 is 2.31 bits per heavy atom. The zero-order chi connectivity index (χ0) is 20.2. The summed E-state index contributed by atoms with van der Waals surface area (Å²) in [5, 5.41) is 4.53. The molecule has 150 valence electrons. The Bertz CT molecular complexity index is 546. The molecule has 1 aliphatic heterocycles. The zero-order valence-corrected chi connectivity index (χ0v) is 15.5. The van der Waals surface area contributed by atoms with E-state index < -0.39 is 29.3 Å². The number of carbonyl (C=O) groups is 3. The monoisotopic (exact) mass is 381 g/mol. The third-order valence-corrected chi connectivity index (χ3v) is 3.84. The molecule has 0 aliphatic carbocycles. The molecule has 7 nitrogen and oxygen atoms in total. The Balaban J connectivity index is 2.93. The predicted molar refractivity (Wildman–Crippen MR) is 87.3 cm³/mol. The third kappa shape index (κ3) is 7.09. The molecule has 26 heavy (non-hydrogen) atoms. The van der Waals surface area contributed by atoms with Crippen LogP contribution in [0.5, 0.6) is 0 Å². The van der Waals surface area contributed by atoms with Gasteiger partial charge in [-0.15, -0.1) is 0 Å². The van der Waals surface area contributed by atoms with E-state index in [9.17, 15) is 27.6 Å². The number of hydrogen-bond donors (Lipinski definition) is 2. The van der Waals surface area contributed by atoms with Crippen LogP contribution in [-0.4, -0.2) is 59.8 Å². The lowest BCUT2D eigenvalue weighted by Gasteiger charge is -2.43. The quantitative estimate of drug-likeness (QED) is 0.779. The van der Waals surface area contributed by atoms with E-state index in [0.717, 1.165) is 0 Å². The van der Waals surface area contributed by atoms with Crippen molar-refractivity contribution in [3.63, 3.8) is 0 Å². The topological polar surface area (TPSA) is 87.7 Å². The van der Waals surface area contributed by atoms with Gasteiger partial charge in [0.2, 0.25) is 5.91 Å². The van der Waals surface area contributed by atoms with E-state index in [4.69, 9.17) is 4.74 Å².